The Kier molecular flexibility index (Phi) is 6.44. The molecule has 3 rings (SSSR count). The molecule has 3 aliphatic rings. The van der Waals surface area contributed by atoms with Crippen molar-refractivity contribution in [1.29, 1.82) is 0 Å². The standard InChI is InChI=1S/C19H26F3N3O3/c1-11-2-4-14(10-24-11)28-16-8-12(19(20,21)22)3-5-15(16)18(27)25-13-6-7-23-17(26)9-13/h3,9,11,14-16,24H,2,4-8,10H2,1H3,(H,23,26)(H,25,27). The molecule has 0 bridgehead atoms. The van der Waals surface area contributed by atoms with Gasteiger partial charge in [0.2, 0.25) is 11.8 Å². The van der Waals surface area contributed by atoms with E-state index in [1.54, 1.807) is 0 Å². The van der Waals surface area contributed by atoms with Crippen molar-refractivity contribution in [2.24, 2.45) is 5.92 Å². The highest BCUT2D eigenvalue weighted by atomic mass is 19.4. The Morgan fingerprint density at radius 3 is 2.75 bits per heavy atom. The van der Waals surface area contributed by atoms with Crippen LogP contribution in [0.5, 0.6) is 0 Å². The average molecular weight is 401 g/mol. The molecule has 156 valence electrons. The van der Waals surface area contributed by atoms with Crippen LogP contribution in [0.4, 0.5) is 13.2 Å². The van der Waals surface area contributed by atoms with Gasteiger partial charge in [0.15, 0.2) is 0 Å². The maximum Gasteiger partial charge on any atom is 0.412 e. The molecule has 0 aromatic rings. The van der Waals surface area contributed by atoms with Crippen molar-refractivity contribution < 1.29 is 27.5 Å². The highest BCUT2D eigenvalue weighted by molar-refractivity contribution is 5.90. The highest BCUT2D eigenvalue weighted by Crippen LogP contribution is 2.37. The Balaban J connectivity index is 1.71. The number of piperidine rings is 1. The zero-order chi connectivity index (χ0) is 20.3. The SMILES string of the molecule is CC1CCC(OC2CC(C(F)(F)F)=CCC2C(=O)NC2=CC(=O)NCC2)CN1. The summed E-state index contributed by atoms with van der Waals surface area (Å²) < 4.78 is 45.6. The lowest BCUT2D eigenvalue weighted by atomic mass is 9.85. The van der Waals surface area contributed by atoms with Gasteiger partial charge in [-0.3, -0.25) is 9.59 Å². The molecule has 28 heavy (non-hydrogen) atoms. The number of nitrogens with one attached hydrogen (secondary N) is 3. The summed E-state index contributed by atoms with van der Waals surface area (Å²) in [5.41, 5.74) is -0.166. The molecule has 1 saturated heterocycles. The Hall–Kier alpha value is -1.87. The fourth-order valence-corrected chi connectivity index (χ4v) is 3.80. The van der Waals surface area contributed by atoms with E-state index >= 15 is 0 Å². The Morgan fingerprint density at radius 2 is 2.11 bits per heavy atom. The largest absolute Gasteiger partial charge is 0.412 e. The molecule has 9 heteroatoms. The second-order valence-electron chi connectivity index (χ2n) is 7.66. The maximum atomic E-state index is 13.2. The predicted molar refractivity (Wildman–Crippen MR) is 96.1 cm³/mol. The van der Waals surface area contributed by atoms with E-state index in [-0.39, 0.29) is 24.9 Å². The zero-order valence-corrected chi connectivity index (χ0v) is 15.8. The second-order valence-corrected chi connectivity index (χ2v) is 7.66. The number of carbonyl (C=O) groups excluding carboxylic acids is 2. The summed E-state index contributed by atoms with van der Waals surface area (Å²) in [5, 5.41) is 8.58. The smallest absolute Gasteiger partial charge is 0.372 e. The quantitative estimate of drug-likeness (QED) is 0.629. The lowest BCUT2D eigenvalue weighted by molar-refractivity contribution is -0.137. The molecule has 0 saturated carbocycles. The molecule has 4 unspecified atom stereocenters. The molecule has 2 heterocycles. The molecular weight excluding hydrogens is 375 g/mol. The summed E-state index contributed by atoms with van der Waals surface area (Å²) in [5.74, 6) is -1.42. The van der Waals surface area contributed by atoms with E-state index in [2.05, 4.69) is 16.0 Å². The molecule has 2 amide bonds. The van der Waals surface area contributed by atoms with Crippen LogP contribution in [0.2, 0.25) is 0 Å². The van der Waals surface area contributed by atoms with Gasteiger partial charge in [0, 0.05) is 49.3 Å². The summed E-state index contributed by atoms with van der Waals surface area (Å²) in [6.45, 7) is 3.02. The first-order valence-corrected chi connectivity index (χ1v) is 9.66. The molecule has 2 aliphatic heterocycles. The van der Waals surface area contributed by atoms with Crippen LogP contribution < -0.4 is 16.0 Å². The number of ether oxygens (including phenoxy) is 1. The molecule has 3 N–H and O–H groups in total. The summed E-state index contributed by atoms with van der Waals surface area (Å²) >= 11 is 0. The van der Waals surface area contributed by atoms with Crippen molar-refractivity contribution in [2.45, 2.75) is 63.5 Å². The van der Waals surface area contributed by atoms with Crippen LogP contribution in [0.1, 0.15) is 39.0 Å². The third kappa shape index (κ3) is 5.35. The lowest BCUT2D eigenvalue weighted by Crippen LogP contribution is -2.47. The van der Waals surface area contributed by atoms with Gasteiger partial charge in [-0.15, -0.1) is 0 Å². The zero-order valence-electron chi connectivity index (χ0n) is 15.8. The normalized spacial score (nSPS) is 31.5. The van der Waals surface area contributed by atoms with Crippen molar-refractivity contribution in [3.05, 3.63) is 23.4 Å². The van der Waals surface area contributed by atoms with E-state index in [1.807, 2.05) is 6.92 Å². The first-order valence-electron chi connectivity index (χ1n) is 9.66. The topological polar surface area (TPSA) is 79.5 Å². The third-order valence-corrected chi connectivity index (χ3v) is 5.45. The van der Waals surface area contributed by atoms with E-state index in [0.29, 0.717) is 31.2 Å². The van der Waals surface area contributed by atoms with E-state index in [0.717, 1.165) is 18.9 Å². The molecule has 0 aromatic heterocycles. The number of alkyl halides is 3. The number of halogens is 3. The van der Waals surface area contributed by atoms with Gasteiger partial charge in [-0.2, -0.15) is 13.2 Å². The average Bonchev–Trinajstić information content (AvgIpc) is 2.63. The number of hydrogen-bond acceptors (Lipinski definition) is 4. The van der Waals surface area contributed by atoms with Crippen molar-refractivity contribution >= 4 is 11.8 Å². The minimum atomic E-state index is -4.42. The van der Waals surface area contributed by atoms with Gasteiger partial charge in [-0.05, 0) is 26.2 Å². The van der Waals surface area contributed by atoms with Crippen molar-refractivity contribution in [3.8, 4) is 0 Å². The molecule has 0 aromatic carbocycles. The predicted octanol–water partition coefficient (Wildman–Crippen LogP) is 1.93. The fourth-order valence-electron chi connectivity index (χ4n) is 3.80. The molecule has 4 atom stereocenters. The summed E-state index contributed by atoms with van der Waals surface area (Å²) in [4.78, 5) is 24.2. The number of allylic oxidation sites excluding steroid dienone is 1. The van der Waals surface area contributed by atoms with Crippen molar-refractivity contribution in [1.82, 2.24) is 16.0 Å². The number of rotatable bonds is 4. The molecule has 1 aliphatic carbocycles. The second kappa shape index (κ2) is 8.65. The summed E-state index contributed by atoms with van der Waals surface area (Å²) in [7, 11) is 0. The molecule has 0 spiro atoms. The van der Waals surface area contributed by atoms with Gasteiger partial charge < -0.3 is 20.7 Å². The summed E-state index contributed by atoms with van der Waals surface area (Å²) in [6.07, 6.45) is -1.38. The first kappa shape index (κ1) is 20.9. The summed E-state index contributed by atoms with van der Waals surface area (Å²) in [6, 6.07) is 0.348. The van der Waals surface area contributed by atoms with Crippen molar-refractivity contribution in [3.63, 3.8) is 0 Å². The van der Waals surface area contributed by atoms with Gasteiger partial charge in [-0.1, -0.05) is 6.08 Å². The lowest BCUT2D eigenvalue weighted by Gasteiger charge is -2.36. The van der Waals surface area contributed by atoms with Crippen molar-refractivity contribution in [2.75, 3.05) is 13.1 Å². The maximum absolute atomic E-state index is 13.2. The van der Waals surface area contributed by atoms with Crippen LogP contribution in [-0.4, -0.2) is 49.3 Å². The van der Waals surface area contributed by atoms with Crippen LogP contribution in [0.15, 0.2) is 23.4 Å². The van der Waals surface area contributed by atoms with Gasteiger partial charge >= 0.3 is 6.18 Å². The Bertz CT molecular complexity index is 667. The minimum absolute atomic E-state index is 0.0403. The van der Waals surface area contributed by atoms with E-state index < -0.39 is 29.7 Å². The van der Waals surface area contributed by atoms with Crippen LogP contribution in [0.3, 0.4) is 0 Å². The van der Waals surface area contributed by atoms with Crippen LogP contribution in [0, 0.1) is 5.92 Å². The van der Waals surface area contributed by atoms with Crippen LogP contribution >= 0.6 is 0 Å². The van der Waals surface area contributed by atoms with Crippen LogP contribution in [-0.2, 0) is 14.3 Å². The highest BCUT2D eigenvalue weighted by Gasteiger charge is 2.42. The molecule has 0 radical (unpaired) electrons. The fraction of sp³-hybridized carbons (Fsp3) is 0.684. The van der Waals surface area contributed by atoms with Crippen LogP contribution in [0.25, 0.3) is 0 Å². The Labute approximate surface area is 161 Å². The van der Waals surface area contributed by atoms with Gasteiger partial charge in [-0.25, -0.2) is 0 Å². The third-order valence-electron chi connectivity index (χ3n) is 5.45. The van der Waals surface area contributed by atoms with E-state index in [9.17, 15) is 22.8 Å². The number of hydrogen-bond donors (Lipinski definition) is 3. The molecule has 6 nitrogen and oxygen atoms in total. The van der Waals surface area contributed by atoms with E-state index in [1.165, 1.54) is 6.08 Å². The van der Waals surface area contributed by atoms with Gasteiger partial charge in [0.25, 0.3) is 0 Å². The number of amides is 2. The monoisotopic (exact) mass is 401 g/mol. The van der Waals surface area contributed by atoms with E-state index in [4.69, 9.17) is 4.74 Å². The number of carbonyl (C=O) groups is 2. The minimum Gasteiger partial charge on any atom is -0.372 e. The van der Waals surface area contributed by atoms with Gasteiger partial charge in [0.1, 0.15) is 0 Å². The Morgan fingerprint density at radius 1 is 1.32 bits per heavy atom. The molecule has 1 fully saturated rings. The van der Waals surface area contributed by atoms with Gasteiger partial charge in [0.05, 0.1) is 18.1 Å². The molecular formula is C19H26F3N3O3. The first-order chi connectivity index (χ1) is 13.2.